The molecular weight excluding hydrogens is 246 g/mol. The molecule has 112 valence electrons. The molecule has 1 aromatic rings. The standard InChI is InChI=1S/C17H29N3/c1-3-16-4-6-17(7-5-16)14-20-10-8-19(9-11-20)13-15(2)12-18/h4-7,15H,3,8-14,18H2,1-2H3. The third kappa shape index (κ3) is 4.58. The van der Waals surface area contributed by atoms with E-state index in [0.717, 1.165) is 26.1 Å². The lowest BCUT2D eigenvalue weighted by Crippen LogP contribution is -2.47. The van der Waals surface area contributed by atoms with Crippen molar-refractivity contribution in [2.75, 3.05) is 39.3 Å². The first-order valence-electron chi connectivity index (χ1n) is 7.94. The minimum absolute atomic E-state index is 0.614. The molecule has 1 aliphatic rings. The normalized spacial score (nSPS) is 19.1. The minimum Gasteiger partial charge on any atom is -0.330 e. The van der Waals surface area contributed by atoms with Crippen molar-refractivity contribution in [3.05, 3.63) is 35.4 Å². The Morgan fingerprint density at radius 3 is 2.10 bits per heavy atom. The van der Waals surface area contributed by atoms with E-state index in [2.05, 4.69) is 47.9 Å². The summed E-state index contributed by atoms with van der Waals surface area (Å²) in [7, 11) is 0. The highest BCUT2D eigenvalue weighted by molar-refractivity contribution is 5.22. The second kappa shape index (κ2) is 7.77. The molecule has 0 saturated carbocycles. The predicted octanol–water partition coefficient (Wildman–Crippen LogP) is 1.96. The van der Waals surface area contributed by atoms with Gasteiger partial charge in [0.2, 0.25) is 0 Å². The van der Waals surface area contributed by atoms with Gasteiger partial charge in [-0.3, -0.25) is 4.90 Å². The summed E-state index contributed by atoms with van der Waals surface area (Å²) in [4.78, 5) is 5.11. The quantitative estimate of drug-likeness (QED) is 0.861. The Bertz CT molecular complexity index is 380. The van der Waals surface area contributed by atoms with E-state index in [4.69, 9.17) is 5.73 Å². The maximum atomic E-state index is 5.71. The minimum atomic E-state index is 0.614. The molecule has 1 aliphatic heterocycles. The molecule has 0 spiro atoms. The van der Waals surface area contributed by atoms with Crippen molar-refractivity contribution < 1.29 is 0 Å². The van der Waals surface area contributed by atoms with Gasteiger partial charge in [0.1, 0.15) is 0 Å². The maximum Gasteiger partial charge on any atom is 0.0234 e. The molecule has 1 aromatic carbocycles. The summed E-state index contributed by atoms with van der Waals surface area (Å²) >= 11 is 0. The number of hydrogen-bond acceptors (Lipinski definition) is 3. The smallest absolute Gasteiger partial charge is 0.0234 e. The average Bonchev–Trinajstić information content (AvgIpc) is 2.50. The van der Waals surface area contributed by atoms with Crippen LogP contribution >= 0.6 is 0 Å². The Morgan fingerprint density at radius 2 is 1.55 bits per heavy atom. The molecule has 1 atom stereocenters. The van der Waals surface area contributed by atoms with Crippen LogP contribution in [0.4, 0.5) is 0 Å². The topological polar surface area (TPSA) is 32.5 Å². The summed E-state index contributed by atoms with van der Waals surface area (Å²) < 4.78 is 0. The Balaban J connectivity index is 1.76. The van der Waals surface area contributed by atoms with Crippen molar-refractivity contribution in [2.45, 2.75) is 26.8 Å². The van der Waals surface area contributed by atoms with Crippen molar-refractivity contribution in [3.63, 3.8) is 0 Å². The highest BCUT2D eigenvalue weighted by Gasteiger charge is 2.18. The summed E-state index contributed by atoms with van der Waals surface area (Å²) in [6.07, 6.45) is 1.12. The molecule has 3 nitrogen and oxygen atoms in total. The molecular formula is C17H29N3. The third-order valence-electron chi connectivity index (χ3n) is 4.27. The van der Waals surface area contributed by atoms with E-state index < -0.39 is 0 Å². The lowest BCUT2D eigenvalue weighted by atomic mass is 10.1. The zero-order valence-electron chi connectivity index (χ0n) is 13.0. The van der Waals surface area contributed by atoms with E-state index in [1.54, 1.807) is 0 Å². The molecule has 0 amide bonds. The summed E-state index contributed by atoms with van der Waals surface area (Å²) in [6, 6.07) is 9.08. The van der Waals surface area contributed by atoms with Gasteiger partial charge < -0.3 is 10.6 Å². The first kappa shape index (κ1) is 15.5. The summed E-state index contributed by atoms with van der Waals surface area (Å²) in [5.41, 5.74) is 8.57. The Hall–Kier alpha value is -0.900. The number of aryl methyl sites for hydroxylation is 1. The lowest BCUT2D eigenvalue weighted by molar-refractivity contribution is 0.116. The molecule has 2 rings (SSSR count). The Kier molecular flexibility index (Phi) is 6.02. The fourth-order valence-electron chi connectivity index (χ4n) is 2.78. The number of nitrogens with two attached hydrogens (primary N) is 1. The summed E-state index contributed by atoms with van der Waals surface area (Å²) in [6.45, 7) is 12.2. The number of benzene rings is 1. The molecule has 1 saturated heterocycles. The van der Waals surface area contributed by atoms with E-state index in [0.29, 0.717) is 5.92 Å². The molecule has 0 bridgehead atoms. The van der Waals surface area contributed by atoms with E-state index in [1.807, 2.05) is 0 Å². The van der Waals surface area contributed by atoms with Crippen molar-refractivity contribution in [2.24, 2.45) is 11.7 Å². The fourth-order valence-corrected chi connectivity index (χ4v) is 2.78. The molecule has 0 aliphatic carbocycles. The van der Waals surface area contributed by atoms with Crippen molar-refractivity contribution >= 4 is 0 Å². The Labute approximate surface area is 123 Å². The zero-order valence-corrected chi connectivity index (χ0v) is 13.0. The molecule has 1 fully saturated rings. The number of nitrogens with zero attached hydrogens (tertiary/aromatic N) is 2. The van der Waals surface area contributed by atoms with Crippen molar-refractivity contribution in [3.8, 4) is 0 Å². The highest BCUT2D eigenvalue weighted by Crippen LogP contribution is 2.11. The van der Waals surface area contributed by atoms with E-state index >= 15 is 0 Å². The van der Waals surface area contributed by atoms with Gasteiger partial charge >= 0.3 is 0 Å². The Morgan fingerprint density at radius 1 is 1.00 bits per heavy atom. The van der Waals surface area contributed by atoms with Gasteiger partial charge in [-0.1, -0.05) is 38.1 Å². The molecule has 1 heterocycles. The van der Waals surface area contributed by atoms with Crippen LogP contribution in [0.15, 0.2) is 24.3 Å². The van der Waals surface area contributed by atoms with Crippen LogP contribution in [0.2, 0.25) is 0 Å². The van der Waals surface area contributed by atoms with Crippen LogP contribution in [-0.4, -0.2) is 49.1 Å². The third-order valence-corrected chi connectivity index (χ3v) is 4.27. The largest absolute Gasteiger partial charge is 0.330 e. The molecule has 20 heavy (non-hydrogen) atoms. The first-order valence-corrected chi connectivity index (χ1v) is 7.94. The van der Waals surface area contributed by atoms with E-state index in [9.17, 15) is 0 Å². The van der Waals surface area contributed by atoms with Crippen LogP contribution in [0.3, 0.4) is 0 Å². The van der Waals surface area contributed by atoms with E-state index in [-0.39, 0.29) is 0 Å². The molecule has 1 unspecified atom stereocenters. The second-order valence-electron chi connectivity index (χ2n) is 6.09. The van der Waals surface area contributed by atoms with Crippen LogP contribution in [0, 0.1) is 5.92 Å². The number of rotatable bonds is 6. The highest BCUT2D eigenvalue weighted by atomic mass is 15.3. The van der Waals surface area contributed by atoms with Gasteiger partial charge in [0.05, 0.1) is 0 Å². The lowest BCUT2D eigenvalue weighted by Gasteiger charge is -2.35. The number of piperazine rings is 1. The van der Waals surface area contributed by atoms with Gasteiger partial charge in [-0.25, -0.2) is 0 Å². The SMILES string of the molecule is CCc1ccc(CN2CCN(CC(C)CN)CC2)cc1. The van der Waals surface area contributed by atoms with Crippen molar-refractivity contribution in [1.29, 1.82) is 0 Å². The van der Waals surface area contributed by atoms with Gasteiger partial charge in [0.25, 0.3) is 0 Å². The van der Waals surface area contributed by atoms with Crippen LogP contribution in [-0.2, 0) is 13.0 Å². The molecule has 0 radical (unpaired) electrons. The summed E-state index contributed by atoms with van der Waals surface area (Å²) in [5, 5.41) is 0. The first-order chi connectivity index (χ1) is 9.71. The molecule has 2 N–H and O–H groups in total. The maximum absolute atomic E-state index is 5.71. The van der Waals surface area contributed by atoms with Crippen LogP contribution in [0.25, 0.3) is 0 Å². The predicted molar refractivity (Wildman–Crippen MR) is 85.8 cm³/mol. The van der Waals surface area contributed by atoms with Gasteiger partial charge in [0.15, 0.2) is 0 Å². The average molecular weight is 275 g/mol. The number of hydrogen-bond donors (Lipinski definition) is 1. The van der Waals surface area contributed by atoms with Crippen LogP contribution < -0.4 is 5.73 Å². The summed E-state index contributed by atoms with van der Waals surface area (Å²) in [5.74, 6) is 0.614. The van der Waals surface area contributed by atoms with E-state index in [1.165, 1.54) is 37.3 Å². The second-order valence-corrected chi connectivity index (χ2v) is 6.09. The zero-order chi connectivity index (χ0) is 14.4. The van der Waals surface area contributed by atoms with Gasteiger partial charge in [-0.2, -0.15) is 0 Å². The van der Waals surface area contributed by atoms with Crippen LogP contribution in [0.1, 0.15) is 25.0 Å². The van der Waals surface area contributed by atoms with Crippen LogP contribution in [0.5, 0.6) is 0 Å². The fraction of sp³-hybridized carbons (Fsp3) is 0.647. The van der Waals surface area contributed by atoms with Gasteiger partial charge in [-0.15, -0.1) is 0 Å². The molecule has 0 aromatic heterocycles. The molecule has 3 heteroatoms. The monoisotopic (exact) mass is 275 g/mol. The van der Waals surface area contributed by atoms with Gasteiger partial charge in [0, 0.05) is 39.3 Å². The van der Waals surface area contributed by atoms with Gasteiger partial charge in [-0.05, 0) is 30.0 Å². The van der Waals surface area contributed by atoms with Crippen molar-refractivity contribution in [1.82, 2.24) is 9.80 Å².